The highest BCUT2D eigenvalue weighted by atomic mass is 16.5. The molecule has 1 N–H and O–H groups in total. The van der Waals surface area contributed by atoms with E-state index in [-0.39, 0.29) is 0 Å². The van der Waals surface area contributed by atoms with Crippen LogP contribution in [-0.4, -0.2) is 31.7 Å². The van der Waals surface area contributed by atoms with E-state index >= 15 is 0 Å². The number of hydrogen-bond acceptors (Lipinski definition) is 5. The maximum absolute atomic E-state index is 12.2. The van der Waals surface area contributed by atoms with E-state index in [2.05, 4.69) is 5.32 Å². The second-order valence-electron chi connectivity index (χ2n) is 5.64. The van der Waals surface area contributed by atoms with Crippen molar-refractivity contribution in [1.82, 2.24) is 0 Å². The molecular formula is C20H23NO5. The van der Waals surface area contributed by atoms with Crippen molar-refractivity contribution < 1.29 is 23.8 Å². The predicted octanol–water partition coefficient (Wildman–Crippen LogP) is 3.67. The molecule has 0 heterocycles. The summed E-state index contributed by atoms with van der Waals surface area (Å²) in [6, 6.07) is 13.5. The molecule has 0 aromatic heterocycles. The van der Waals surface area contributed by atoms with E-state index in [9.17, 15) is 9.59 Å². The first-order valence-electron chi connectivity index (χ1n) is 8.42. The largest absolute Gasteiger partial charge is 0.497 e. The summed E-state index contributed by atoms with van der Waals surface area (Å²) in [5, 5.41) is 2.69. The van der Waals surface area contributed by atoms with Gasteiger partial charge in [-0.1, -0.05) is 6.92 Å². The third-order valence-corrected chi connectivity index (χ3v) is 3.57. The molecule has 0 unspecified atom stereocenters. The summed E-state index contributed by atoms with van der Waals surface area (Å²) in [4.78, 5) is 24.3. The zero-order valence-corrected chi connectivity index (χ0v) is 15.2. The Kier molecular flexibility index (Phi) is 7.02. The molecule has 1 atom stereocenters. The van der Waals surface area contributed by atoms with E-state index in [1.54, 1.807) is 55.6 Å². The van der Waals surface area contributed by atoms with Crippen LogP contribution in [0.5, 0.6) is 11.5 Å². The third kappa shape index (κ3) is 5.51. The number of carbonyl (C=O) groups is 2. The Hall–Kier alpha value is -3.02. The first-order chi connectivity index (χ1) is 12.5. The molecule has 138 valence electrons. The molecule has 26 heavy (non-hydrogen) atoms. The Morgan fingerprint density at radius 3 is 2.19 bits per heavy atom. The van der Waals surface area contributed by atoms with Crippen LogP contribution in [-0.2, 0) is 9.53 Å². The number of nitrogens with one attached hydrogen (secondary N) is 1. The van der Waals surface area contributed by atoms with Gasteiger partial charge in [0.25, 0.3) is 5.91 Å². The van der Waals surface area contributed by atoms with Crippen molar-refractivity contribution in [2.24, 2.45) is 0 Å². The number of rotatable bonds is 8. The summed E-state index contributed by atoms with van der Waals surface area (Å²) < 4.78 is 15.7. The van der Waals surface area contributed by atoms with Crippen LogP contribution in [0.3, 0.4) is 0 Å². The van der Waals surface area contributed by atoms with Crippen molar-refractivity contribution >= 4 is 17.6 Å². The van der Waals surface area contributed by atoms with Crippen LogP contribution in [0.15, 0.2) is 48.5 Å². The van der Waals surface area contributed by atoms with Gasteiger partial charge in [0.2, 0.25) is 0 Å². The maximum Gasteiger partial charge on any atom is 0.338 e. The summed E-state index contributed by atoms with van der Waals surface area (Å²) in [5.74, 6) is 0.401. The van der Waals surface area contributed by atoms with Gasteiger partial charge in [0.1, 0.15) is 11.5 Å². The molecule has 2 rings (SSSR count). The molecule has 2 aromatic carbocycles. The van der Waals surface area contributed by atoms with E-state index in [0.717, 1.165) is 6.42 Å². The standard InChI is InChI=1S/C20H23NO5/c1-4-13-25-18-9-5-15(6-10-18)20(23)26-14(2)19(22)21-16-7-11-17(24-3)12-8-16/h5-12,14H,4,13H2,1-3H3,(H,21,22)/t14-/m0/s1. The van der Waals surface area contributed by atoms with Crippen LogP contribution in [0.2, 0.25) is 0 Å². The highest BCUT2D eigenvalue weighted by molar-refractivity contribution is 5.97. The van der Waals surface area contributed by atoms with Gasteiger partial charge in [-0.2, -0.15) is 0 Å². The average Bonchev–Trinajstić information content (AvgIpc) is 2.67. The van der Waals surface area contributed by atoms with Gasteiger partial charge < -0.3 is 19.5 Å². The second kappa shape index (κ2) is 9.46. The fraction of sp³-hybridized carbons (Fsp3) is 0.300. The fourth-order valence-corrected chi connectivity index (χ4v) is 2.11. The minimum absolute atomic E-state index is 0.359. The van der Waals surface area contributed by atoms with Gasteiger partial charge in [-0.05, 0) is 61.9 Å². The minimum Gasteiger partial charge on any atom is -0.497 e. The lowest BCUT2D eigenvalue weighted by atomic mass is 10.2. The molecule has 0 radical (unpaired) electrons. The van der Waals surface area contributed by atoms with Gasteiger partial charge in [0, 0.05) is 5.69 Å². The Balaban J connectivity index is 1.89. The Morgan fingerprint density at radius 1 is 1.00 bits per heavy atom. The average molecular weight is 357 g/mol. The van der Waals surface area contributed by atoms with Crippen LogP contribution >= 0.6 is 0 Å². The molecular weight excluding hydrogens is 334 g/mol. The molecule has 0 aliphatic heterocycles. The molecule has 2 aromatic rings. The van der Waals surface area contributed by atoms with Crippen molar-refractivity contribution in [3.05, 3.63) is 54.1 Å². The van der Waals surface area contributed by atoms with Crippen molar-refractivity contribution in [2.45, 2.75) is 26.4 Å². The van der Waals surface area contributed by atoms with Gasteiger partial charge >= 0.3 is 5.97 Å². The number of anilines is 1. The first-order valence-corrected chi connectivity index (χ1v) is 8.42. The Morgan fingerprint density at radius 2 is 1.62 bits per heavy atom. The monoisotopic (exact) mass is 357 g/mol. The molecule has 0 saturated carbocycles. The van der Waals surface area contributed by atoms with Crippen molar-refractivity contribution in [1.29, 1.82) is 0 Å². The third-order valence-electron chi connectivity index (χ3n) is 3.57. The zero-order valence-electron chi connectivity index (χ0n) is 15.2. The lowest BCUT2D eigenvalue weighted by Gasteiger charge is -2.14. The van der Waals surface area contributed by atoms with Gasteiger partial charge in [-0.3, -0.25) is 4.79 Å². The SMILES string of the molecule is CCCOc1ccc(C(=O)O[C@@H](C)C(=O)Nc2ccc(OC)cc2)cc1. The van der Waals surface area contributed by atoms with Crippen LogP contribution in [0.1, 0.15) is 30.6 Å². The van der Waals surface area contributed by atoms with Crippen LogP contribution < -0.4 is 14.8 Å². The number of carbonyl (C=O) groups excluding carboxylic acids is 2. The van der Waals surface area contributed by atoms with Gasteiger partial charge in [-0.25, -0.2) is 4.79 Å². The molecule has 6 heteroatoms. The van der Waals surface area contributed by atoms with Crippen molar-refractivity contribution in [3.8, 4) is 11.5 Å². The second-order valence-corrected chi connectivity index (χ2v) is 5.64. The van der Waals surface area contributed by atoms with Crippen LogP contribution in [0, 0.1) is 0 Å². The van der Waals surface area contributed by atoms with E-state index < -0.39 is 18.0 Å². The summed E-state index contributed by atoms with van der Waals surface area (Å²) in [7, 11) is 1.57. The molecule has 6 nitrogen and oxygen atoms in total. The smallest absolute Gasteiger partial charge is 0.338 e. The number of amides is 1. The van der Waals surface area contributed by atoms with Crippen molar-refractivity contribution in [2.75, 3.05) is 19.0 Å². The first kappa shape index (κ1) is 19.3. The molecule has 0 spiro atoms. The number of ether oxygens (including phenoxy) is 3. The summed E-state index contributed by atoms with van der Waals surface area (Å²) in [6.07, 6.45) is -0.0226. The van der Waals surface area contributed by atoms with E-state index in [0.29, 0.717) is 29.4 Å². The number of hydrogen-bond donors (Lipinski definition) is 1. The number of methoxy groups -OCH3 is 1. The highest BCUT2D eigenvalue weighted by Gasteiger charge is 2.19. The van der Waals surface area contributed by atoms with Gasteiger partial charge in [-0.15, -0.1) is 0 Å². The number of benzene rings is 2. The van der Waals surface area contributed by atoms with E-state index in [1.165, 1.54) is 6.92 Å². The molecule has 0 aliphatic rings. The van der Waals surface area contributed by atoms with E-state index in [4.69, 9.17) is 14.2 Å². The topological polar surface area (TPSA) is 73.9 Å². The van der Waals surface area contributed by atoms with Crippen LogP contribution in [0.25, 0.3) is 0 Å². The van der Waals surface area contributed by atoms with E-state index in [1.807, 2.05) is 6.92 Å². The summed E-state index contributed by atoms with van der Waals surface area (Å²) >= 11 is 0. The zero-order chi connectivity index (χ0) is 18.9. The van der Waals surface area contributed by atoms with Crippen LogP contribution in [0.4, 0.5) is 5.69 Å². The Labute approximate surface area is 153 Å². The van der Waals surface area contributed by atoms with Gasteiger partial charge in [0.15, 0.2) is 6.10 Å². The summed E-state index contributed by atoms with van der Waals surface area (Å²) in [6.45, 7) is 4.16. The normalized spacial score (nSPS) is 11.3. The minimum atomic E-state index is -0.930. The molecule has 0 saturated heterocycles. The maximum atomic E-state index is 12.2. The fourth-order valence-electron chi connectivity index (χ4n) is 2.11. The molecule has 0 fully saturated rings. The summed E-state index contributed by atoms with van der Waals surface area (Å²) in [5.41, 5.74) is 0.953. The molecule has 0 aliphatic carbocycles. The van der Waals surface area contributed by atoms with Gasteiger partial charge in [0.05, 0.1) is 19.3 Å². The quantitative estimate of drug-likeness (QED) is 0.730. The molecule has 1 amide bonds. The lowest BCUT2D eigenvalue weighted by Crippen LogP contribution is -2.29. The highest BCUT2D eigenvalue weighted by Crippen LogP contribution is 2.16. The lowest BCUT2D eigenvalue weighted by molar-refractivity contribution is -0.123. The number of esters is 1. The predicted molar refractivity (Wildman–Crippen MR) is 98.7 cm³/mol. The Bertz CT molecular complexity index is 725. The van der Waals surface area contributed by atoms with Crippen molar-refractivity contribution in [3.63, 3.8) is 0 Å². The molecule has 0 bridgehead atoms.